The van der Waals surface area contributed by atoms with Gasteiger partial charge < -0.3 is 10.6 Å². The molecule has 1 aromatic heterocycles. The van der Waals surface area contributed by atoms with Crippen LogP contribution in [0, 0.1) is 0 Å². The maximum Gasteiger partial charge on any atom is 0.234 e. The van der Waals surface area contributed by atoms with E-state index in [9.17, 15) is 4.79 Å². The number of rotatable bonds is 5. The van der Waals surface area contributed by atoms with Crippen LogP contribution in [-0.2, 0) is 17.8 Å². The van der Waals surface area contributed by atoms with Crippen molar-refractivity contribution >= 4 is 29.7 Å². The van der Waals surface area contributed by atoms with E-state index >= 15 is 0 Å². The van der Waals surface area contributed by atoms with Crippen LogP contribution >= 0.6 is 23.7 Å². The van der Waals surface area contributed by atoms with E-state index in [0.717, 1.165) is 26.1 Å². The lowest BCUT2D eigenvalue weighted by Gasteiger charge is -2.33. The zero-order valence-corrected chi connectivity index (χ0v) is 13.8. The van der Waals surface area contributed by atoms with E-state index in [2.05, 4.69) is 41.5 Å². The van der Waals surface area contributed by atoms with Crippen LogP contribution in [0.4, 0.5) is 0 Å². The largest absolute Gasteiger partial charge is 0.350 e. The SMILES string of the molecule is CCc1ccc(CNC(=O)CN2CCNC[C@@H]2C)s1.Cl. The Morgan fingerprint density at radius 1 is 1.50 bits per heavy atom. The second kappa shape index (κ2) is 8.62. The first-order chi connectivity index (χ1) is 9.19. The summed E-state index contributed by atoms with van der Waals surface area (Å²) in [7, 11) is 0. The third kappa shape index (κ3) is 5.05. The van der Waals surface area contributed by atoms with Crippen molar-refractivity contribution in [2.75, 3.05) is 26.2 Å². The molecule has 114 valence electrons. The summed E-state index contributed by atoms with van der Waals surface area (Å²) in [5, 5.41) is 6.35. The zero-order valence-electron chi connectivity index (χ0n) is 12.1. The smallest absolute Gasteiger partial charge is 0.234 e. The van der Waals surface area contributed by atoms with E-state index in [1.54, 1.807) is 11.3 Å². The Kier molecular flexibility index (Phi) is 7.51. The highest BCUT2D eigenvalue weighted by molar-refractivity contribution is 7.11. The van der Waals surface area contributed by atoms with Gasteiger partial charge in [0, 0.05) is 35.4 Å². The number of carbonyl (C=O) groups excluding carboxylic acids is 1. The van der Waals surface area contributed by atoms with Gasteiger partial charge >= 0.3 is 0 Å². The van der Waals surface area contributed by atoms with Gasteiger partial charge in [-0.15, -0.1) is 23.7 Å². The molecule has 20 heavy (non-hydrogen) atoms. The number of thiophene rings is 1. The number of halogens is 1. The van der Waals surface area contributed by atoms with Crippen molar-refractivity contribution in [2.45, 2.75) is 32.9 Å². The summed E-state index contributed by atoms with van der Waals surface area (Å²) < 4.78 is 0. The zero-order chi connectivity index (χ0) is 13.7. The van der Waals surface area contributed by atoms with Crippen molar-refractivity contribution in [1.29, 1.82) is 0 Å². The second-order valence-corrected chi connectivity index (χ2v) is 6.27. The standard InChI is InChI=1S/C14H23N3OS.ClH/c1-3-12-4-5-13(19-12)9-16-14(18)10-17-7-6-15-8-11(17)2;/h4-5,11,15H,3,6-10H2,1-2H3,(H,16,18);1H/t11-;/m0./s1. The molecule has 1 saturated heterocycles. The summed E-state index contributed by atoms with van der Waals surface area (Å²) in [5.41, 5.74) is 0. The average molecular weight is 318 g/mol. The summed E-state index contributed by atoms with van der Waals surface area (Å²) in [4.78, 5) is 16.8. The fourth-order valence-electron chi connectivity index (χ4n) is 2.25. The Morgan fingerprint density at radius 2 is 2.25 bits per heavy atom. The van der Waals surface area contributed by atoms with Crippen molar-refractivity contribution in [1.82, 2.24) is 15.5 Å². The van der Waals surface area contributed by atoms with Gasteiger partial charge in [-0.2, -0.15) is 0 Å². The number of carbonyl (C=O) groups is 1. The first-order valence-electron chi connectivity index (χ1n) is 6.98. The molecular formula is C14H24ClN3OS. The van der Waals surface area contributed by atoms with Gasteiger partial charge in [-0.3, -0.25) is 9.69 Å². The minimum Gasteiger partial charge on any atom is -0.350 e. The lowest BCUT2D eigenvalue weighted by atomic mass is 10.2. The molecule has 1 amide bonds. The Bertz CT molecular complexity index is 424. The number of hydrogen-bond donors (Lipinski definition) is 2. The molecule has 0 aliphatic carbocycles. The fraction of sp³-hybridized carbons (Fsp3) is 0.643. The number of piperazine rings is 1. The summed E-state index contributed by atoms with van der Waals surface area (Å²) in [6, 6.07) is 4.69. The average Bonchev–Trinajstić information content (AvgIpc) is 2.87. The van der Waals surface area contributed by atoms with E-state index in [0.29, 0.717) is 19.1 Å². The molecule has 6 heteroatoms. The van der Waals surface area contributed by atoms with Crippen LogP contribution in [-0.4, -0.2) is 43.0 Å². The van der Waals surface area contributed by atoms with Crippen LogP contribution in [0.15, 0.2) is 12.1 Å². The predicted molar refractivity (Wildman–Crippen MR) is 86.7 cm³/mol. The molecule has 2 N–H and O–H groups in total. The summed E-state index contributed by atoms with van der Waals surface area (Å²) >= 11 is 1.78. The minimum absolute atomic E-state index is 0. The first kappa shape index (κ1) is 17.4. The topological polar surface area (TPSA) is 44.4 Å². The van der Waals surface area contributed by atoms with E-state index in [4.69, 9.17) is 0 Å². The number of hydrogen-bond acceptors (Lipinski definition) is 4. The first-order valence-corrected chi connectivity index (χ1v) is 7.79. The Hall–Kier alpha value is -0.620. The quantitative estimate of drug-likeness (QED) is 0.868. The highest BCUT2D eigenvalue weighted by atomic mass is 35.5. The molecule has 0 aromatic carbocycles. The van der Waals surface area contributed by atoms with Crippen molar-refractivity contribution in [3.8, 4) is 0 Å². The second-order valence-electron chi connectivity index (χ2n) is 5.02. The molecule has 0 spiro atoms. The minimum atomic E-state index is 0. The van der Waals surface area contributed by atoms with Crippen LogP contribution in [0.5, 0.6) is 0 Å². The Balaban J connectivity index is 0.00000200. The Morgan fingerprint density at radius 3 is 2.90 bits per heavy atom. The highest BCUT2D eigenvalue weighted by Gasteiger charge is 2.19. The van der Waals surface area contributed by atoms with Crippen molar-refractivity contribution in [3.05, 3.63) is 21.9 Å². The van der Waals surface area contributed by atoms with Gasteiger partial charge in [0.1, 0.15) is 0 Å². The monoisotopic (exact) mass is 317 g/mol. The third-order valence-electron chi connectivity index (χ3n) is 3.51. The van der Waals surface area contributed by atoms with Gasteiger partial charge in [0.2, 0.25) is 5.91 Å². The lowest BCUT2D eigenvalue weighted by molar-refractivity contribution is -0.123. The van der Waals surface area contributed by atoms with Gasteiger partial charge in [-0.05, 0) is 25.5 Å². The van der Waals surface area contributed by atoms with Gasteiger partial charge in [-0.1, -0.05) is 6.92 Å². The van der Waals surface area contributed by atoms with Gasteiger partial charge in [0.15, 0.2) is 0 Å². The summed E-state index contributed by atoms with van der Waals surface area (Å²) in [5.74, 6) is 0.125. The summed E-state index contributed by atoms with van der Waals surface area (Å²) in [6.07, 6.45) is 1.07. The number of nitrogens with zero attached hydrogens (tertiary/aromatic N) is 1. The molecular weight excluding hydrogens is 294 g/mol. The number of aryl methyl sites for hydroxylation is 1. The molecule has 1 fully saturated rings. The van der Waals surface area contributed by atoms with E-state index in [1.165, 1.54) is 9.75 Å². The fourth-order valence-corrected chi connectivity index (χ4v) is 3.15. The van der Waals surface area contributed by atoms with E-state index in [-0.39, 0.29) is 18.3 Å². The molecule has 4 nitrogen and oxygen atoms in total. The maximum atomic E-state index is 11.9. The van der Waals surface area contributed by atoms with Crippen molar-refractivity contribution in [2.24, 2.45) is 0 Å². The van der Waals surface area contributed by atoms with Gasteiger partial charge in [-0.25, -0.2) is 0 Å². The molecule has 1 aliphatic rings. The van der Waals surface area contributed by atoms with Crippen molar-refractivity contribution < 1.29 is 4.79 Å². The molecule has 0 saturated carbocycles. The summed E-state index contributed by atoms with van der Waals surface area (Å²) in [6.45, 7) is 8.37. The predicted octanol–water partition coefficient (Wildman–Crippen LogP) is 1.64. The lowest BCUT2D eigenvalue weighted by Crippen LogP contribution is -2.52. The van der Waals surface area contributed by atoms with Crippen molar-refractivity contribution in [3.63, 3.8) is 0 Å². The molecule has 0 unspecified atom stereocenters. The highest BCUT2D eigenvalue weighted by Crippen LogP contribution is 2.16. The molecule has 1 atom stereocenters. The Labute approximate surface area is 131 Å². The van der Waals surface area contributed by atoms with Gasteiger partial charge in [0.25, 0.3) is 0 Å². The number of amides is 1. The van der Waals surface area contributed by atoms with E-state index < -0.39 is 0 Å². The molecule has 2 rings (SSSR count). The van der Waals surface area contributed by atoms with Crippen LogP contribution in [0.3, 0.4) is 0 Å². The molecule has 1 aliphatic heterocycles. The number of nitrogens with one attached hydrogen (secondary N) is 2. The maximum absolute atomic E-state index is 11.9. The van der Waals surface area contributed by atoms with Crippen LogP contribution in [0.2, 0.25) is 0 Å². The molecule has 0 bridgehead atoms. The third-order valence-corrected chi connectivity index (χ3v) is 4.74. The molecule has 1 aromatic rings. The van der Waals surface area contributed by atoms with Crippen LogP contribution < -0.4 is 10.6 Å². The van der Waals surface area contributed by atoms with Crippen LogP contribution in [0.25, 0.3) is 0 Å². The van der Waals surface area contributed by atoms with Crippen LogP contribution in [0.1, 0.15) is 23.6 Å². The molecule has 2 heterocycles. The van der Waals surface area contributed by atoms with E-state index in [1.807, 2.05) is 0 Å². The molecule has 0 radical (unpaired) electrons. The van der Waals surface area contributed by atoms with Gasteiger partial charge in [0.05, 0.1) is 13.1 Å². The normalized spacial score (nSPS) is 19.4.